The summed E-state index contributed by atoms with van der Waals surface area (Å²) in [7, 11) is 0. The number of piperidine rings is 1. The zero-order chi connectivity index (χ0) is 16.3. The highest BCUT2D eigenvalue weighted by Gasteiger charge is 2.25. The number of hydrogen-bond acceptors (Lipinski definition) is 3. The lowest BCUT2D eigenvalue weighted by atomic mass is 10.1. The molecule has 1 saturated heterocycles. The Kier molecular flexibility index (Phi) is 4.40. The summed E-state index contributed by atoms with van der Waals surface area (Å²) in [5.74, 6) is 0.364. The summed E-state index contributed by atoms with van der Waals surface area (Å²) in [4.78, 5) is 23.8. The molecule has 22 heavy (non-hydrogen) atoms. The van der Waals surface area contributed by atoms with Gasteiger partial charge < -0.3 is 15.2 Å². The van der Waals surface area contributed by atoms with Gasteiger partial charge in [0, 0.05) is 18.3 Å². The highest BCUT2D eigenvalue weighted by molar-refractivity contribution is 5.93. The van der Waals surface area contributed by atoms with Gasteiger partial charge in [0.05, 0.1) is 5.56 Å². The second-order valence-corrected chi connectivity index (χ2v) is 6.35. The third kappa shape index (κ3) is 3.58. The van der Waals surface area contributed by atoms with E-state index in [4.69, 9.17) is 5.26 Å². The number of rotatable bonds is 2. The monoisotopic (exact) mass is 303 g/mol. The number of anilines is 1. The predicted molar refractivity (Wildman–Crippen MR) is 82.3 cm³/mol. The molecule has 0 bridgehead atoms. The van der Waals surface area contributed by atoms with Crippen molar-refractivity contribution in [2.75, 3.05) is 11.9 Å². The Balaban J connectivity index is 2.10. The number of carbonyl (C=O) groups excluding carboxylic acids is 2. The van der Waals surface area contributed by atoms with Crippen LogP contribution in [0.2, 0.25) is 0 Å². The fourth-order valence-corrected chi connectivity index (χ4v) is 2.40. The summed E-state index contributed by atoms with van der Waals surface area (Å²) in [5, 5.41) is 17.1. The quantitative estimate of drug-likeness (QED) is 0.772. The van der Waals surface area contributed by atoms with E-state index >= 15 is 0 Å². The first-order valence-electron chi connectivity index (χ1n) is 7.29. The molecule has 0 spiro atoms. The molecule has 1 atom stereocenters. The first-order valence-corrected chi connectivity index (χ1v) is 7.29. The number of urea groups is 1. The van der Waals surface area contributed by atoms with Crippen LogP contribution in [-0.2, 0) is 10.3 Å². The van der Waals surface area contributed by atoms with Gasteiger partial charge in [-0.15, -0.1) is 0 Å². The summed E-state index contributed by atoms with van der Waals surface area (Å²) < 4.78 is 1.83. The van der Waals surface area contributed by atoms with Gasteiger partial charge in [0.15, 0.2) is 0 Å². The molecule has 118 valence electrons. The Morgan fingerprint density at radius 2 is 2.23 bits per heavy atom. The molecule has 0 unspecified atom stereocenters. The molecule has 7 heteroatoms. The van der Waals surface area contributed by atoms with Crippen LogP contribution < -0.4 is 16.0 Å². The topological polar surface area (TPSA) is 98.9 Å². The number of amides is 3. The van der Waals surface area contributed by atoms with Gasteiger partial charge >= 0.3 is 6.03 Å². The molecule has 2 heterocycles. The number of hydrogen-bond donors (Lipinski definition) is 3. The minimum atomic E-state index is -0.512. The highest BCUT2D eigenvalue weighted by atomic mass is 16.2. The van der Waals surface area contributed by atoms with Crippen LogP contribution in [0.1, 0.15) is 39.2 Å². The molecule has 3 N–H and O–H groups in total. The molecule has 7 nitrogen and oxygen atoms in total. The van der Waals surface area contributed by atoms with Crippen molar-refractivity contribution in [3.05, 3.63) is 17.8 Å². The smallest absolute Gasteiger partial charge is 0.321 e. The SMILES string of the molecule is CC(C)(C)n1cc(C#N)cc1NC(=O)N[C@@H]1CCCNC1=O. The van der Waals surface area contributed by atoms with E-state index in [-0.39, 0.29) is 11.4 Å². The Morgan fingerprint density at radius 1 is 1.50 bits per heavy atom. The third-order valence-corrected chi connectivity index (χ3v) is 3.50. The van der Waals surface area contributed by atoms with E-state index in [2.05, 4.69) is 22.0 Å². The fraction of sp³-hybridized carbons (Fsp3) is 0.533. The first-order chi connectivity index (χ1) is 10.3. The van der Waals surface area contributed by atoms with Crippen LogP contribution >= 0.6 is 0 Å². The largest absolute Gasteiger partial charge is 0.354 e. The van der Waals surface area contributed by atoms with Crippen LogP contribution in [0.5, 0.6) is 0 Å². The molecule has 3 amide bonds. The van der Waals surface area contributed by atoms with Crippen LogP contribution in [-0.4, -0.2) is 29.1 Å². The van der Waals surface area contributed by atoms with Crippen molar-refractivity contribution < 1.29 is 9.59 Å². The first kappa shape index (κ1) is 15.9. The minimum absolute atomic E-state index is 0.162. The van der Waals surface area contributed by atoms with E-state index in [0.717, 1.165) is 6.42 Å². The van der Waals surface area contributed by atoms with E-state index < -0.39 is 12.1 Å². The normalized spacial score (nSPS) is 18.3. The van der Waals surface area contributed by atoms with E-state index in [1.165, 1.54) is 0 Å². The van der Waals surface area contributed by atoms with Gasteiger partial charge in [-0.2, -0.15) is 5.26 Å². The van der Waals surface area contributed by atoms with Crippen molar-refractivity contribution >= 4 is 17.8 Å². The van der Waals surface area contributed by atoms with Crippen molar-refractivity contribution in [2.45, 2.75) is 45.2 Å². The van der Waals surface area contributed by atoms with Crippen molar-refractivity contribution in [1.82, 2.24) is 15.2 Å². The van der Waals surface area contributed by atoms with Crippen LogP contribution in [0.3, 0.4) is 0 Å². The van der Waals surface area contributed by atoms with E-state index in [1.54, 1.807) is 12.3 Å². The van der Waals surface area contributed by atoms with Gasteiger partial charge in [-0.1, -0.05) is 0 Å². The lowest BCUT2D eigenvalue weighted by molar-refractivity contribution is -0.124. The zero-order valence-corrected chi connectivity index (χ0v) is 13.1. The number of aromatic nitrogens is 1. The van der Waals surface area contributed by atoms with Crippen molar-refractivity contribution in [2.24, 2.45) is 0 Å². The zero-order valence-electron chi connectivity index (χ0n) is 13.1. The molecular formula is C15H21N5O2. The van der Waals surface area contributed by atoms with Crippen LogP contribution in [0, 0.1) is 11.3 Å². The number of carbonyl (C=O) groups is 2. The average molecular weight is 303 g/mol. The third-order valence-electron chi connectivity index (χ3n) is 3.50. The predicted octanol–water partition coefficient (Wildman–Crippen LogP) is 1.51. The van der Waals surface area contributed by atoms with Gasteiger partial charge in [0.2, 0.25) is 5.91 Å². The van der Waals surface area contributed by atoms with Gasteiger partial charge in [0.25, 0.3) is 0 Å². The summed E-state index contributed by atoms with van der Waals surface area (Å²) in [5.41, 5.74) is 0.195. The van der Waals surface area contributed by atoms with Crippen LogP contribution in [0.25, 0.3) is 0 Å². The molecule has 0 aliphatic carbocycles. The molecule has 2 rings (SSSR count). The lowest BCUT2D eigenvalue weighted by Gasteiger charge is -2.26. The van der Waals surface area contributed by atoms with Gasteiger partial charge in [0.1, 0.15) is 17.9 Å². The van der Waals surface area contributed by atoms with E-state index in [9.17, 15) is 9.59 Å². The van der Waals surface area contributed by atoms with Gasteiger partial charge in [-0.25, -0.2) is 4.79 Å². The summed E-state index contributed by atoms with van der Waals surface area (Å²) >= 11 is 0. The molecule has 1 aromatic rings. The Hall–Kier alpha value is -2.49. The van der Waals surface area contributed by atoms with E-state index in [1.807, 2.05) is 25.3 Å². The number of nitriles is 1. The lowest BCUT2D eigenvalue weighted by Crippen LogP contribution is -2.51. The average Bonchev–Trinajstić information content (AvgIpc) is 2.84. The van der Waals surface area contributed by atoms with Crippen molar-refractivity contribution in [1.29, 1.82) is 5.26 Å². The molecular weight excluding hydrogens is 282 g/mol. The summed E-state index contributed by atoms with van der Waals surface area (Å²) in [6.07, 6.45) is 3.17. The molecule has 0 saturated carbocycles. The fourth-order valence-electron chi connectivity index (χ4n) is 2.40. The second kappa shape index (κ2) is 6.10. The molecule has 0 aromatic carbocycles. The maximum absolute atomic E-state index is 12.1. The summed E-state index contributed by atoms with van der Waals surface area (Å²) in [6, 6.07) is 2.72. The minimum Gasteiger partial charge on any atom is -0.354 e. The Bertz CT molecular complexity index is 621. The Morgan fingerprint density at radius 3 is 2.82 bits per heavy atom. The Labute approximate surface area is 129 Å². The standard InChI is InChI=1S/C15H21N5O2/c1-15(2,3)20-9-10(8-16)7-12(20)19-14(22)18-11-5-4-6-17-13(11)21/h7,9,11H,4-6H2,1-3H3,(H,17,21)(H2,18,19,22)/t11-/m1/s1. The second-order valence-electron chi connectivity index (χ2n) is 6.35. The maximum Gasteiger partial charge on any atom is 0.321 e. The van der Waals surface area contributed by atoms with Crippen molar-refractivity contribution in [3.8, 4) is 6.07 Å². The van der Waals surface area contributed by atoms with Crippen LogP contribution in [0.4, 0.5) is 10.6 Å². The van der Waals surface area contributed by atoms with Crippen LogP contribution in [0.15, 0.2) is 12.3 Å². The molecule has 1 aliphatic heterocycles. The summed E-state index contributed by atoms with van der Waals surface area (Å²) in [6.45, 7) is 6.58. The molecule has 1 aromatic heterocycles. The molecule has 1 fully saturated rings. The maximum atomic E-state index is 12.1. The highest BCUT2D eigenvalue weighted by Crippen LogP contribution is 2.23. The van der Waals surface area contributed by atoms with Crippen molar-refractivity contribution in [3.63, 3.8) is 0 Å². The molecule has 0 radical (unpaired) electrons. The van der Waals surface area contributed by atoms with Gasteiger partial charge in [-0.05, 0) is 39.7 Å². The molecule has 1 aliphatic rings. The number of nitrogens with one attached hydrogen (secondary N) is 3. The van der Waals surface area contributed by atoms with Gasteiger partial charge in [-0.3, -0.25) is 10.1 Å². The number of nitrogens with zero attached hydrogens (tertiary/aromatic N) is 2. The van der Waals surface area contributed by atoms with E-state index in [0.29, 0.717) is 24.3 Å².